The van der Waals surface area contributed by atoms with Crippen LogP contribution in [-0.4, -0.2) is 30.3 Å². The summed E-state index contributed by atoms with van der Waals surface area (Å²) in [4.78, 5) is 0. The Morgan fingerprint density at radius 1 is 0.938 bits per heavy atom. The van der Waals surface area contributed by atoms with E-state index in [1.54, 1.807) is 0 Å². The summed E-state index contributed by atoms with van der Waals surface area (Å²) >= 11 is 0. The van der Waals surface area contributed by atoms with Gasteiger partial charge in [-0.1, -0.05) is 0 Å². The monoisotopic (exact) mass is 281 g/mol. The summed E-state index contributed by atoms with van der Waals surface area (Å²) in [6.07, 6.45) is -9.05. The van der Waals surface area contributed by atoms with Crippen molar-refractivity contribution in [2.45, 2.75) is 23.8 Å². The van der Waals surface area contributed by atoms with E-state index < -0.39 is 33.9 Å². The Hall–Kier alpha value is -0.620. The minimum absolute atomic E-state index is 0. The number of hydrogen-bond donors (Lipinski definition) is 2. The molecular weight excluding hydrogens is 275 g/mol. The Bertz CT molecular complexity index is 334. The summed E-state index contributed by atoms with van der Waals surface area (Å²) in [5.74, 6) is -5.93. The van der Waals surface area contributed by atoms with Crippen LogP contribution in [0.5, 0.6) is 0 Å². The van der Waals surface area contributed by atoms with Gasteiger partial charge in [0, 0.05) is 0 Å². The van der Waals surface area contributed by atoms with Gasteiger partial charge >= 0.3 is 27.5 Å². The molecule has 0 saturated heterocycles. The predicted octanol–water partition coefficient (Wildman–Crippen LogP) is 2.22. The van der Waals surface area contributed by atoms with E-state index in [-0.39, 0.29) is 6.15 Å². The maximum absolute atomic E-state index is 12.2. The second kappa shape index (κ2) is 4.33. The number of alkyl halides is 7. The zero-order chi connectivity index (χ0) is 12.7. The van der Waals surface area contributed by atoms with E-state index in [9.17, 15) is 39.2 Å². The first-order chi connectivity index (χ1) is 6.21. The first-order valence-electron chi connectivity index (χ1n) is 3.00. The fourth-order valence-corrected chi connectivity index (χ4v) is 0.993. The third-order valence-corrected chi connectivity index (χ3v) is 2.12. The van der Waals surface area contributed by atoms with E-state index in [0.29, 0.717) is 0 Å². The Labute approximate surface area is 84.8 Å². The quantitative estimate of drug-likeness (QED) is 0.613. The highest BCUT2D eigenvalue weighted by Crippen LogP contribution is 2.44. The van der Waals surface area contributed by atoms with E-state index in [1.165, 1.54) is 0 Å². The van der Waals surface area contributed by atoms with Crippen molar-refractivity contribution in [2.75, 3.05) is 0 Å². The van der Waals surface area contributed by atoms with Crippen LogP contribution in [0.4, 0.5) is 30.7 Å². The van der Waals surface area contributed by atoms with Gasteiger partial charge < -0.3 is 6.15 Å². The summed E-state index contributed by atoms with van der Waals surface area (Å²) < 4.78 is 110. The molecule has 0 aliphatic heterocycles. The number of hydrogen-bond acceptors (Lipinski definition) is 3. The highest BCUT2D eigenvalue weighted by atomic mass is 32.2. The molecule has 0 bridgehead atoms. The molecule has 0 amide bonds. The molecule has 0 rings (SSSR count). The zero-order valence-electron chi connectivity index (χ0n) is 7.23. The average Bonchev–Trinajstić information content (AvgIpc) is 1.77. The number of rotatable bonds is 3. The van der Waals surface area contributed by atoms with Crippen LogP contribution < -0.4 is 6.15 Å². The molecule has 16 heavy (non-hydrogen) atoms. The lowest BCUT2D eigenvalue weighted by Gasteiger charge is -2.24. The molecule has 0 aliphatic rings. The van der Waals surface area contributed by atoms with Crippen molar-refractivity contribution in [1.82, 2.24) is 6.15 Å². The Morgan fingerprint density at radius 3 is 1.44 bits per heavy atom. The molecule has 0 saturated carbocycles. The summed E-state index contributed by atoms with van der Waals surface area (Å²) in [6, 6.07) is 0. The topological polar surface area (TPSA) is 89.4 Å². The fraction of sp³-hybridized carbons (Fsp3) is 1.00. The minimum atomic E-state index is -6.62. The van der Waals surface area contributed by atoms with Crippen LogP contribution in [0, 0.1) is 0 Å². The average molecular weight is 281 g/mol. The van der Waals surface area contributed by atoms with Gasteiger partial charge in [0.2, 0.25) is 0 Å². The van der Waals surface area contributed by atoms with Crippen LogP contribution in [-0.2, 0) is 10.1 Å². The molecule has 0 unspecified atom stereocenters. The second-order valence-electron chi connectivity index (χ2n) is 2.49. The van der Waals surface area contributed by atoms with Gasteiger partial charge in [-0.3, -0.25) is 4.55 Å². The first-order valence-corrected chi connectivity index (χ1v) is 4.44. The maximum Gasteiger partial charge on any atom is 0.431 e. The van der Waals surface area contributed by atoms with Crippen LogP contribution in [0.1, 0.15) is 6.42 Å². The first kappa shape index (κ1) is 17.8. The highest BCUT2D eigenvalue weighted by Gasteiger charge is 2.68. The van der Waals surface area contributed by atoms with Crippen LogP contribution in [0.25, 0.3) is 0 Å². The van der Waals surface area contributed by atoms with E-state index in [0.717, 1.165) is 0 Å². The van der Waals surface area contributed by atoms with Crippen molar-refractivity contribution < 1.29 is 43.7 Å². The molecule has 0 aromatic carbocycles. The van der Waals surface area contributed by atoms with Crippen molar-refractivity contribution in [2.24, 2.45) is 0 Å². The Balaban J connectivity index is 0. The van der Waals surface area contributed by atoms with Crippen molar-refractivity contribution in [1.29, 1.82) is 0 Å². The molecular formula is C4H6F7NO3S. The van der Waals surface area contributed by atoms with Gasteiger partial charge in [0.15, 0.2) is 0 Å². The standard InChI is InChI=1S/C4H3F7O3S.H3N/c5-2(6,1-3(7,8)9)4(10,11)15(12,13)14;/h1H2,(H,12,13,14);1H3. The van der Waals surface area contributed by atoms with E-state index in [2.05, 4.69) is 0 Å². The molecule has 4 nitrogen and oxygen atoms in total. The molecule has 0 spiro atoms. The van der Waals surface area contributed by atoms with E-state index in [4.69, 9.17) is 4.55 Å². The molecule has 0 aliphatic carbocycles. The summed E-state index contributed by atoms with van der Waals surface area (Å²) in [6.45, 7) is 0. The lowest BCUT2D eigenvalue weighted by molar-refractivity contribution is -0.236. The van der Waals surface area contributed by atoms with Crippen molar-refractivity contribution in [3.63, 3.8) is 0 Å². The van der Waals surface area contributed by atoms with Gasteiger partial charge in [-0.05, 0) is 0 Å². The lowest BCUT2D eigenvalue weighted by Crippen LogP contribution is -2.49. The van der Waals surface area contributed by atoms with Gasteiger partial charge in [-0.15, -0.1) is 0 Å². The smallest absolute Gasteiger partial charge is 0.344 e. The van der Waals surface area contributed by atoms with Gasteiger partial charge in [-0.2, -0.15) is 39.2 Å². The van der Waals surface area contributed by atoms with Crippen LogP contribution >= 0.6 is 0 Å². The zero-order valence-corrected chi connectivity index (χ0v) is 8.05. The second-order valence-corrected chi connectivity index (χ2v) is 3.95. The molecule has 12 heteroatoms. The minimum Gasteiger partial charge on any atom is -0.344 e. The molecule has 0 radical (unpaired) electrons. The van der Waals surface area contributed by atoms with E-state index >= 15 is 0 Å². The Morgan fingerprint density at radius 2 is 1.25 bits per heavy atom. The van der Waals surface area contributed by atoms with Crippen molar-refractivity contribution in [3.8, 4) is 0 Å². The molecule has 0 aromatic heterocycles. The van der Waals surface area contributed by atoms with Gasteiger partial charge in [0.25, 0.3) is 0 Å². The predicted molar refractivity (Wildman–Crippen MR) is 37.1 cm³/mol. The third kappa shape index (κ3) is 3.75. The molecule has 0 aromatic rings. The van der Waals surface area contributed by atoms with Crippen molar-refractivity contribution >= 4 is 10.1 Å². The Kier molecular flexibility index (Phi) is 4.81. The third-order valence-electron chi connectivity index (χ3n) is 1.17. The van der Waals surface area contributed by atoms with Crippen LogP contribution in [0.15, 0.2) is 0 Å². The molecule has 0 atom stereocenters. The normalized spacial score (nSPS) is 14.5. The summed E-state index contributed by atoms with van der Waals surface area (Å²) in [5.41, 5.74) is 0. The van der Waals surface area contributed by atoms with E-state index in [1.807, 2.05) is 0 Å². The highest BCUT2D eigenvalue weighted by molar-refractivity contribution is 7.87. The maximum atomic E-state index is 12.2. The van der Waals surface area contributed by atoms with Crippen LogP contribution in [0.3, 0.4) is 0 Å². The molecule has 0 heterocycles. The van der Waals surface area contributed by atoms with Gasteiger partial charge in [0.05, 0.1) is 0 Å². The SMILES string of the molecule is N.O=S(=O)(O)C(F)(F)C(F)(F)CC(F)(F)F. The molecule has 4 N–H and O–H groups in total. The largest absolute Gasteiger partial charge is 0.431 e. The summed E-state index contributed by atoms with van der Waals surface area (Å²) in [7, 11) is -6.62. The fourth-order valence-electron chi connectivity index (χ4n) is 0.543. The summed E-state index contributed by atoms with van der Waals surface area (Å²) in [5, 5.41) is -6.18. The molecule has 0 fully saturated rings. The molecule has 100 valence electrons. The van der Waals surface area contributed by atoms with Crippen LogP contribution in [0.2, 0.25) is 0 Å². The number of halogens is 7. The van der Waals surface area contributed by atoms with Gasteiger partial charge in [-0.25, -0.2) is 0 Å². The van der Waals surface area contributed by atoms with Gasteiger partial charge in [0.1, 0.15) is 6.42 Å². The lowest BCUT2D eigenvalue weighted by atomic mass is 10.2. The van der Waals surface area contributed by atoms with Crippen molar-refractivity contribution in [3.05, 3.63) is 0 Å².